The molecule has 1 aromatic heterocycles. The van der Waals surface area contributed by atoms with Crippen molar-refractivity contribution in [3.05, 3.63) is 18.2 Å². The molecule has 0 aromatic carbocycles. The van der Waals surface area contributed by atoms with Gasteiger partial charge in [0.25, 0.3) is 0 Å². The van der Waals surface area contributed by atoms with Crippen LogP contribution in [-0.4, -0.2) is 46.3 Å². The van der Waals surface area contributed by atoms with Crippen LogP contribution in [0.1, 0.15) is 37.9 Å². The maximum atomic E-state index is 6.08. The number of imidazole rings is 1. The van der Waals surface area contributed by atoms with Gasteiger partial charge in [-0.25, -0.2) is 4.98 Å². The van der Waals surface area contributed by atoms with E-state index in [1.165, 1.54) is 25.0 Å². The minimum Gasteiger partial charge on any atom is -0.375 e. The lowest BCUT2D eigenvalue weighted by molar-refractivity contribution is -0.0721. The topological polar surface area (TPSA) is 56.3 Å². The lowest BCUT2D eigenvalue weighted by Gasteiger charge is -2.42. The maximum Gasteiger partial charge on any atom is 0.0948 e. The van der Waals surface area contributed by atoms with Gasteiger partial charge >= 0.3 is 0 Å². The fourth-order valence-corrected chi connectivity index (χ4v) is 3.64. The molecule has 2 fully saturated rings. The lowest BCUT2D eigenvalue weighted by atomic mass is 10.0. The summed E-state index contributed by atoms with van der Waals surface area (Å²) in [6.45, 7) is 5.56. The van der Waals surface area contributed by atoms with E-state index in [1.54, 1.807) is 0 Å². The molecule has 1 aliphatic carbocycles. The van der Waals surface area contributed by atoms with Crippen LogP contribution < -0.4 is 5.73 Å². The van der Waals surface area contributed by atoms with Gasteiger partial charge in [0.2, 0.25) is 0 Å². The number of rotatable bonds is 4. The zero-order valence-electron chi connectivity index (χ0n) is 11.7. The second kappa shape index (κ2) is 5.61. The highest BCUT2D eigenvalue weighted by molar-refractivity contribution is 5.09. The molecular weight excluding hydrogens is 240 g/mol. The highest BCUT2D eigenvalue weighted by Gasteiger charge is 2.39. The first kappa shape index (κ1) is 13.1. The van der Waals surface area contributed by atoms with Crippen molar-refractivity contribution in [2.24, 2.45) is 5.73 Å². The first-order chi connectivity index (χ1) is 9.35. The molecule has 1 saturated carbocycles. The van der Waals surface area contributed by atoms with Crippen LogP contribution in [0.15, 0.2) is 12.5 Å². The molecule has 0 amide bonds. The maximum absolute atomic E-state index is 6.08. The standard InChI is InChI=1S/C14H24N4O/c1-2-17-10-16-9-13(17)12(8-15)18-6-7-19-14-5-3-4-11(14)18/h9-12,14H,2-8,15H2,1H3. The summed E-state index contributed by atoms with van der Waals surface area (Å²) >= 11 is 0. The molecule has 2 heterocycles. The van der Waals surface area contributed by atoms with Crippen molar-refractivity contribution in [3.8, 4) is 0 Å². The summed E-state index contributed by atoms with van der Waals surface area (Å²) in [6.07, 6.45) is 8.01. The van der Waals surface area contributed by atoms with Crippen LogP contribution >= 0.6 is 0 Å². The predicted molar refractivity (Wildman–Crippen MR) is 73.8 cm³/mol. The molecule has 1 aromatic rings. The van der Waals surface area contributed by atoms with Gasteiger partial charge in [0.1, 0.15) is 0 Å². The Hall–Kier alpha value is -0.910. The zero-order chi connectivity index (χ0) is 13.2. The third kappa shape index (κ3) is 2.30. The number of hydrogen-bond donors (Lipinski definition) is 1. The van der Waals surface area contributed by atoms with Gasteiger partial charge in [-0.05, 0) is 26.2 Å². The Labute approximate surface area is 114 Å². The summed E-state index contributed by atoms with van der Waals surface area (Å²) in [5, 5.41) is 0. The molecule has 0 radical (unpaired) electrons. The number of fused-ring (bicyclic) bond motifs is 1. The van der Waals surface area contributed by atoms with Crippen molar-refractivity contribution in [1.29, 1.82) is 0 Å². The van der Waals surface area contributed by atoms with Gasteiger partial charge in [-0.3, -0.25) is 4.90 Å². The van der Waals surface area contributed by atoms with E-state index in [4.69, 9.17) is 10.5 Å². The highest BCUT2D eigenvalue weighted by atomic mass is 16.5. The largest absolute Gasteiger partial charge is 0.375 e. The number of nitrogens with zero attached hydrogens (tertiary/aromatic N) is 3. The molecule has 5 heteroatoms. The summed E-state index contributed by atoms with van der Waals surface area (Å²) < 4.78 is 8.10. The SMILES string of the molecule is CCn1cncc1C(CN)N1CCOC2CCCC21. The fourth-order valence-electron chi connectivity index (χ4n) is 3.64. The number of aryl methyl sites for hydroxylation is 1. The fraction of sp³-hybridized carbons (Fsp3) is 0.786. The first-order valence-corrected chi connectivity index (χ1v) is 7.42. The number of ether oxygens (including phenoxy) is 1. The van der Waals surface area contributed by atoms with Crippen LogP contribution in [-0.2, 0) is 11.3 Å². The summed E-state index contributed by atoms with van der Waals surface area (Å²) in [7, 11) is 0. The Kier molecular flexibility index (Phi) is 3.86. The average Bonchev–Trinajstić information content (AvgIpc) is 3.08. The van der Waals surface area contributed by atoms with Crippen LogP contribution in [0.5, 0.6) is 0 Å². The van der Waals surface area contributed by atoms with Crippen LogP contribution in [0.25, 0.3) is 0 Å². The van der Waals surface area contributed by atoms with Crippen molar-refractivity contribution in [3.63, 3.8) is 0 Å². The highest BCUT2D eigenvalue weighted by Crippen LogP contribution is 2.34. The van der Waals surface area contributed by atoms with Gasteiger partial charge in [0.05, 0.1) is 30.8 Å². The Morgan fingerprint density at radius 3 is 3.21 bits per heavy atom. The van der Waals surface area contributed by atoms with Gasteiger partial charge in [-0.1, -0.05) is 0 Å². The molecular formula is C14H24N4O. The molecule has 19 heavy (non-hydrogen) atoms. The second-order valence-electron chi connectivity index (χ2n) is 5.50. The number of morpholine rings is 1. The second-order valence-corrected chi connectivity index (χ2v) is 5.50. The molecule has 2 N–H and O–H groups in total. The van der Waals surface area contributed by atoms with E-state index >= 15 is 0 Å². The molecule has 3 unspecified atom stereocenters. The van der Waals surface area contributed by atoms with E-state index in [2.05, 4.69) is 21.4 Å². The van der Waals surface area contributed by atoms with Crippen molar-refractivity contribution >= 4 is 0 Å². The third-order valence-electron chi connectivity index (χ3n) is 4.58. The van der Waals surface area contributed by atoms with Crippen LogP contribution in [0, 0.1) is 0 Å². The van der Waals surface area contributed by atoms with E-state index in [0.29, 0.717) is 18.7 Å². The molecule has 2 aliphatic rings. The van der Waals surface area contributed by atoms with Gasteiger partial charge in [0.15, 0.2) is 0 Å². The van der Waals surface area contributed by atoms with Crippen molar-refractivity contribution in [2.45, 2.75) is 50.9 Å². The third-order valence-corrected chi connectivity index (χ3v) is 4.58. The van der Waals surface area contributed by atoms with Crippen molar-refractivity contribution in [2.75, 3.05) is 19.7 Å². The Bertz CT molecular complexity index is 419. The van der Waals surface area contributed by atoms with E-state index in [-0.39, 0.29) is 6.04 Å². The molecule has 1 saturated heterocycles. The van der Waals surface area contributed by atoms with Crippen molar-refractivity contribution < 1.29 is 4.74 Å². The Balaban J connectivity index is 1.85. The van der Waals surface area contributed by atoms with Crippen LogP contribution in [0.2, 0.25) is 0 Å². The van der Waals surface area contributed by atoms with Gasteiger partial charge in [0, 0.05) is 31.9 Å². The molecule has 0 spiro atoms. The van der Waals surface area contributed by atoms with Crippen molar-refractivity contribution in [1.82, 2.24) is 14.5 Å². The first-order valence-electron chi connectivity index (χ1n) is 7.42. The molecule has 0 bridgehead atoms. The lowest BCUT2D eigenvalue weighted by Crippen LogP contribution is -2.51. The van der Waals surface area contributed by atoms with Gasteiger partial charge in [-0.15, -0.1) is 0 Å². The Morgan fingerprint density at radius 2 is 2.42 bits per heavy atom. The molecule has 3 atom stereocenters. The van der Waals surface area contributed by atoms with E-state index in [0.717, 1.165) is 19.7 Å². The van der Waals surface area contributed by atoms with E-state index in [9.17, 15) is 0 Å². The molecule has 5 nitrogen and oxygen atoms in total. The number of aromatic nitrogens is 2. The minimum atomic E-state index is 0.275. The number of hydrogen-bond acceptors (Lipinski definition) is 4. The predicted octanol–water partition coefficient (Wildman–Crippen LogP) is 1.16. The minimum absolute atomic E-state index is 0.275. The summed E-state index contributed by atoms with van der Waals surface area (Å²) in [4.78, 5) is 6.85. The summed E-state index contributed by atoms with van der Waals surface area (Å²) in [6, 6.07) is 0.819. The Morgan fingerprint density at radius 1 is 1.53 bits per heavy atom. The monoisotopic (exact) mass is 264 g/mol. The average molecular weight is 264 g/mol. The number of nitrogens with two attached hydrogens (primary N) is 1. The molecule has 106 valence electrons. The summed E-state index contributed by atoms with van der Waals surface area (Å²) in [5.74, 6) is 0. The molecule has 3 rings (SSSR count). The summed E-state index contributed by atoms with van der Waals surface area (Å²) in [5.41, 5.74) is 7.33. The quantitative estimate of drug-likeness (QED) is 0.886. The van der Waals surface area contributed by atoms with E-state index in [1.807, 2.05) is 12.5 Å². The van der Waals surface area contributed by atoms with E-state index < -0.39 is 0 Å². The van der Waals surface area contributed by atoms with Crippen LogP contribution in [0.4, 0.5) is 0 Å². The van der Waals surface area contributed by atoms with Gasteiger partial charge in [-0.2, -0.15) is 0 Å². The normalized spacial score (nSPS) is 29.4. The van der Waals surface area contributed by atoms with Gasteiger partial charge < -0.3 is 15.0 Å². The smallest absolute Gasteiger partial charge is 0.0948 e. The van der Waals surface area contributed by atoms with Crippen LogP contribution in [0.3, 0.4) is 0 Å². The molecule has 1 aliphatic heterocycles. The zero-order valence-corrected chi connectivity index (χ0v) is 11.7.